The van der Waals surface area contributed by atoms with Gasteiger partial charge in [0.05, 0.1) is 12.8 Å². The van der Waals surface area contributed by atoms with Crippen LogP contribution in [0.2, 0.25) is 0 Å². The van der Waals surface area contributed by atoms with E-state index in [1.165, 1.54) is 12.1 Å². The Morgan fingerprint density at radius 2 is 1.89 bits per heavy atom. The van der Waals surface area contributed by atoms with Crippen LogP contribution in [0.3, 0.4) is 0 Å². The number of para-hydroxylation sites is 1. The summed E-state index contributed by atoms with van der Waals surface area (Å²) in [6, 6.07) is 18.1. The molecule has 0 spiro atoms. The first kappa shape index (κ1) is 18.0. The van der Waals surface area contributed by atoms with Gasteiger partial charge in [-0.15, -0.1) is 0 Å². The van der Waals surface area contributed by atoms with Crippen LogP contribution in [0.15, 0.2) is 77.5 Å². The minimum Gasteiger partial charge on any atom is -0.467 e. The topological polar surface area (TPSA) is 47.2 Å². The molecule has 4 nitrogen and oxygen atoms in total. The number of hydrogen-bond donors (Lipinski definition) is 1. The maximum Gasteiger partial charge on any atom is 0.221 e. The van der Waals surface area contributed by atoms with Crippen molar-refractivity contribution in [3.05, 3.63) is 95.8 Å². The first-order valence-corrected chi connectivity index (χ1v) is 9.20. The number of rotatable bonds is 6. The average molecular weight is 376 g/mol. The van der Waals surface area contributed by atoms with Crippen LogP contribution in [0.25, 0.3) is 10.9 Å². The van der Waals surface area contributed by atoms with Gasteiger partial charge in [0.2, 0.25) is 5.91 Å². The third-order valence-electron chi connectivity index (χ3n) is 5.00. The lowest BCUT2D eigenvalue weighted by Crippen LogP contribution is -2.24. The van der Waals surface area contributed by atoms with Crippen molar-refractivity contribution in [2.24, 2.45) is 7.05 Å². The number of hydrogen-bond acceptors (Lipinski definition) is 2. The summed E-state index contributed by atoms with van der Waals surface area (Å²) < 4.78 is 20.8. The zero-order chi connectivity index (χ0) is 19.5. The van der Waals surface area contributed by atoms with Gasteiger partial charge in [0.25, 0.3) is 0 Å². The van der Waals surface area contributed by atoms with Crippen LogP contribution in [0.5, 0.6) is 0 Å². The fourth-order valence-electron chi connectivity index (χ4n) is 3.61. The molecule has 1 atom stereocenters. The zero-order valence-corrected chi connectivity index (χ0v) is 15.6. The van der Waals surface area contributed by atoms with Gasteiger partial charge in [0.1, 0.15) is 11.6 Å². The number of halogens is 1. The van der Waals surface area contributed by atoms with Crippen LogP contribution in [0, 0.1) is 5.82 Å². The van der Waals surface area contributed by atoms with Gasteiger partial charge in [0, 0.05) is 36.5 Å². The lowest BCUT2D eigenvalue weighted by molar-refractivity contribution is -0.121. The van der Waals surface area contributed by atoms with E-state index < -0.39 is 0 Å². The third kappa shape index (κ3) is 3.69. The molecule has 28 heavy (non-hydrogen) atoms. The molecule has 0 aliphatic heterocycles. The van der Waals surface area contributed by atoms with Gasteiger partial charge in [-0.3, -0.25) is 4.79 Å². The first-order chi connectivity index (χ1) is 13.6. The molecule has 0 saturated heterocycles. The van der Waals surface area contributed by atoms with Gasteiger partial charge in [-0.25, -0.2) is 4.39 Å². The highest BCUT2D eigenvalue weighted by atomic mass is 19.1. The van der Waals surface area contributed by atoms with Crippen molar-refractivity contribution < 1.29 is 13.6 Å². The lowest BCUT2D eigenvalue weighted by atomic mass is 9.88. The van der Waals surface area contributed by atoms with E-state index in [0.29, 0.717) is 12.3 Å². The normalized spacial score (nSPS) is 12.2. The van der Waals surface area contributed by atoms with E-state index in [1.54, 1.807) is 24.5 Å². The van der Waals surface area contributed by atoms with E-state index >= 15 is 0 Å². The standard InChI is InChI=1S/C23H21FN2O2/c1-26-15-21(19-6-2-3-7-22(19)26)20(16-8-10-17(24)11-9-16)13-23(27)25-14-18-5-4-12-28-18/h2-12,15,20H,13-14H2,1H3,(H,25,27)/t20-/m1/s1. The molecule has 0 aliphatic rings. The van der Waals surface area contributed by atoms with E-state index in [1.807, 2.05) is 25.2 Å². The highest BCUT2D eigenvalue weighted by Gasteiger charge is 2.22. The Labute approximate surface area is 162 Å². The summed E-state index contributed by atoms with van der Waals surface area (Å²) in [5.74, 6) is 0.154. The van der Waals surface area contributed by atoms with Crippen molar-refractivity contribution in [3.63, 3.8) is 0 Å². The minimum absolute atomic E-state index is 0.0846. The Kier molecular flexibility index (Phi) is 4.98. The van der Waals surface area contributed by atoms with Crippen molar-refractivity contribution in [3.8, 4) is 0 Å². The fourth-order valence-corrected chi connectivity index (χ4v) is 3.61. The van der Waals surface area contributed by atoms with Gasteiger partial charge in [-0.2, -0.15) is 0 Å². The van der Waals surface area contributed by atoms with E-state index in [-0.39, 0.29) is 24.1 Å². The number of fused-ring (bicyclic) bond motifs is 1. The summed E-state index contributed by atoms with van der Waals surface area (Å²) >= 11 is 0. The zero-order valence-electron chi connectivity index (χ0n) is 15.6. The predicted molar refractivity (Wildman–Crippen MR) is 106 cm³/mol. The highest BCUT2D eigenvalue weighted by Crippen LogP contribution is 2.34. The summed E-state index contributed by atoms with van der Waals surface area (Å²) in [6.07, 6.45) is 3.90. The second-order valence-corrected chi connectivity index (χ2v) is 6.88. The van der Waals surface area contributed by atoms with E-state index in [2.05, 4.69) is 28.2 Å². The summed E-state index contributed by atoms with van der Waals surface area (Å²) in [5, 5.41) is 4.00. The van der Waals surface area contributed by atoms with Gasteiger partial charge < -0.3 is 14.3 Å². The largest absolute Gasteiger partial charge is 0.467 e. The number of aromatic nitrogens is 1. The molecule has 0 bridgehead atoms. The molecule has 0 fully saturated rings. The molecule has 4 aromatic rings. The van der Waals surface area contributed by atoms with Crippen molar-refractivity contribution >= 4 is 16.8 Å². The van der Waals surface area contributed by atoms with Crippen LogP contribution >= 0.6 is 0 Å². The SMILES string of the molecule is Cn1cc([C@H](CC(=O)NCc2ccco2)c2ccc(F)cc2)c2ccccc21. The van der Waals surface area contributed by atoms with E-state index in [0.717, 1.165) is 22.0 Å². The van der Waals surface area contributed by atoms with Crippen LogP contribution in [0.4, 0.5) is 4.39 Å². The Morgan fingerprint density at radius 1 is 1.11 bits per heavy atom. The molecule has 0 saturated carbocycles. The van der Waals surface area contributed by atoms with Gasteiger partial charge in [-0.1, -0.05) is 30.3 Å². The van der Waals surface area contributed by atoms with Crippen LogP contribution in [0.1, 0.15) is 29.2 Å². The molecule has 4 rings (SSSR count). The molecule has 142 valence electrons. The number of carbonyl (C=O) groups excluding carboxylic acids is 1. The Bertz CT molecular complexity index is 1080. The second-order valence-electron chi connectivity index (χ2n) is 6.88. The molecule has 0 unspecified atom stereocenters. The van der Waals surface area contributed by atoms with Crippen molar-refractivity contribution in [1.29, 1.82) is 0 Å². The molecule has 2 aromatic heterocycles. The number of nitrogens with one attached hydrogen (secondary N) is 1. The maximum atomic E-state index is 13.5. The molecule has 1 N–H and O–H groups in total. The number of carbonyl (C=O) groups is 1. The van der Waals surface area contributed by atoms with Gasteiger partial charge in [-0.05, 0) is 41.5 Å². The number of nitrogens with zero attached hydrogens (tertiary/aromatic N) is 1. The molecular formula is C23H21FN2O2. The molecule has 2 heterocycles. The smallest absolute Gasteiger partial charge is 0.221 e. The third-order valence-corrected chi connectivity index (χ3v) is 5.00. The molecule has 0 aliphatic carbocycles. The first-order valence-electron chi connectivity index (χ1n) is 9.20. The van der Waals surface area contributed by atoms with Crippen LogP contribution in [-0.4, -0.2) is 10.5 Å². The summed E-state index contributed by atoms with van der Waals surface area (Å²) in [6.45, 7) is 0.345. The van der Waals surface area contributed by atoms with Crippen molar-refractivity contribution in [1.82, 2.24) is 9.88 Å². The maximum absolute atomic E-state index is 13.5. The number of aryl methyl sites for hydroxylation is 1. The predicted octanol–water partition coefficient (Wildman–Crippen LogP) is 4.75. The number of amides is 1. The molecular weight excluding hydrogens is 355 g/mol. The van der Waals surface area contributed by atoms with Crippen LogP contribution in [-0.2, 0) is 18.4 Å². The second kappa shape index (κ2) is 7.72. The average Bonchev–Trinajstić information content (AvgIpc) is 3.34. The highest BCUT2D eigenvalue weighted by molar-refractivity contribution is 5.86. The summed E-state index contributed by atoms with van der Waals surface area (Å²) in [4.78, 5) is 12.7. The molecule has 2 aromatic carbocycles. The van der Waals surface area contributed by atoms with E-state index in [9.17, 15) is 9.18 Å². The number of benzene rings is 2. The van der Waals surface area contributed by atoms with Crippen LogP contribution < -0.4 is 5.32 Å². The van der Waals surface area contributed by atoms with Gasteiger partial charge >= 0.3 is 0 Å². The quantitative estimate of drug-likeness (QED) is 0.528. The summed E-state index contributed by atoms with van der Waals surface area (Å²) in [5.41, 5.74) is 3.06. The Hall–Kier alpha value is -3.34. The Morgan fingerprint density at radius 3 is 2.64 bits per heavy atom. The van der Waals surface area contributed by atoms with Crippen molar-refractivity contribution in [2.45, 2.75) is 18.9 Å². The lowest BCUT2D eigenvalue weighted by Gasteiger charge is -2.17. The molecule has 1 amide bonds. The van der Waals surface area contributed by atoms with Crippen molar-refractivity contribution in [2.75, 3.05) is 0 Å². The molecule has 5 heteroatoms. The number of furan rings is 1. The monoisotopic (exact) mass is 376 g/mol. The fraction of sp³-hybridized carbons (Fsp3) is 0.174. The minimum atomic E-state index is -0.289. The summed E-state index contributed by atoms with van der Waals surface area (Å²) in [7, 11) is 1.99. The van der Waals surface area contributed by atoms with E-state index in [4.69, 9.17) is 4.42 Å². The molecule has 0 radical (unpaired) electrons. The Balaban J connectivity index is 1.65. The van der Waals surface area contributed by atoms with Gasteiger partial charge in [0.15, 0.2) is 0 Å².